The number of halogens is 1. The molecule has 0 spiro atoms. The van der Waals surface area contributed by atoms with E-state index in [1.807, 2.05) is 11.8 Å². The summed E-state index contributed by atoms with van der Waals surface area (Å²) >= 11 is 5.47. The zero-order valence-electron chi connectivity index (χ0n) is 7.43. The van der Waals surface area contributed by atoms with Crippen LogP contribution in [0.25, 0.3) is 0 Å². The van der Waals surface area contributed by atoms with Crippen LogP contribution in [-0.2, 0) is 6.42 Å². The Bertz CT molecular complexity index is 258. The molecule has 0 heterocycles. The first-order valence-corrected chi connectivity index (χ1v) is 5.97. The number of hydrogen-bond acceptors (Lipinski definition) is 1. The van der Waals surface area contributed by atoms with Crippen molar-refractivity contribution in [3.05, 3.63) is 28.2 Å². The molecule has 0 bridgehead atoms. The molecule has 1 aromatic rings. The SMILES string of the molecule is CCSc1c(Br)cccc1CC. The van der Waals surface area contributed by atoms with E-state index in [2.05, 4.69) is 48.0 Å². The molecule has 0 aromatic heterocycles. The van der Waals surface area contributed by atoms with Gasteiger partial charge in [0.25, 0.3) is 0 Å². The highest BCUT2D eigenvalue weighted by molar-refractivity contribution is 9.10. The standard InChI is InChI=1S/C10H13BrS/c1-3-8-6-5-7-9(11)10(8)12-4-2/h5-7H,3-4H2,1-2H3. The van der Waals surface area contributed by atoms with Crippen LogP contribution in [0.3, 0.4) is 0 Å². The van der Waals surface area contributed by atoms with Crippen LogP contribution >= 0.6 is 27.7 Å². The maximum absolute atomic E-state index is 3.57. The molecular weight excluding hydrogens is 232 g/mol. The van der Waals surface area contributed by atoms with Crippen molar-refractivity contribution in [2.75, 3.05) is 5.75 Å². The van der Waals surface area contributed by atoms with Gasteiger partial charge >= 0.3 is 0 Å². The van der Waals surface area contributed by atoms with Gasteiger partial charge in [-0.15, -0.1) is 11.8 Å². The van der Waals surface area contributed by atoms with Gasteiger partial charge in [0.1, 0.15) is 0 Å². The van der Waals surface area contributed by atoms with Crippen molar-refractivity contribution >= 4 is 27.7 Å². The molecule has 0 amide bonds. The zero-order chi connectivity index (χ0) is 8.97. The number of aryl methyl sites for hydroxylation is 1. The third-order valence-electron chi connectivity index (χ3n) is 1.72. The molecule has 66 valence electrons. The summed E-state index contributed by atoms with van der Waals surface area (Å²) in [7, 11) is 0. The Hall–Kier alpha value is 0.0500. The van der Waals surface area contributed by atoms with E-state index in [1.165, 1.54) is 14.9 Å². The van der Waals surface area contributed by atoms with Crippen molar-refractivity contribution in [1.29, 1.82) is 0 Å². The predicted molar refractivity (Wildman–Crippen MR) is 59.9 cm³/mol. The van der Waals surface area contributed by atoms with E-state index < -0.39 is 0 Å². The molecule has 0 unspecified atom stereocenters. The van der Waals surface area contributed by atoms with E-state index in [0.717, 1.165) is 12.2 Å². The van der Waals surface area contributed by atoms with Gasteiger partial charge in [-0.3, -0.25) is 0 Å². The quantitative estimate of drug-likeness (QED) is 0.722. The van der Waals surface area contributed by atoms with Gasteiger partial charge in [0.05, 0.1) is 0 Å². The van der Waals surface area contributed by atoms with E-state index in [9.17, 15) is 0 Å². The van der Waals surface area contributed by atoms with Crippen LogP contribution in [0.1, 0.15) is 19.4 Å². The normalized spacial score (nSPS) is 10.2. The minimum Gasteiger partial charge on any atom is -0.125 e. The summed E-state index contributed by atoms with van der Waals surface area (Å²) in [6.45, 7) is 4.38. The van der Waals surface area contributed by atoms with Gasteiger partial charge < -0.3 is 0 Å². The summed E-state index contributed by atoms with van der Waals surface area (Å²) in [4.78, 5) is 1.41. The zero-order valence-corrected chi connectivity index (χ0v) is 9.83. The van der Waals surface area contributed by atoms with E-state index in [1.54, 1.807) is 0 Å². The molecule has 0 aliphatic carbocycles. The van der Waals surface area contributed by atoms with E-state index in [0.29, 0.717) is 0 Å². The summed E-state index contributed by atoms with van der Waals surface area (Å²) in [5.41, 5.74) is 1.44. The van der Waals surface area contributed by atoms with Crippen LogP contribution < -0.4 is 0 Å². The topological polar surface area (TPSA) is 0 Å². The fourth-order valence-corrected chi connectivity index (χ4v) is 2.78. The first kappa shape index (κ1) is 10.1. The van der Waals surface area contributed by atoms with Gasteiger partial charge in [-0.2, -0.15) is 0 Å². The number of benzene rings is 1. The predicted octanol–water partition coefficient (Wildman–Crippen LogP) is 4.12. The molecule has 0 fully saturated rings. The van der Waals surface area contributed by atoms with Crippen molar-refractivity contribution in [3.63, 3.8) is 0 Å². The van der Waals surface area contributed by atoms with E-state index >= 15 is 0 Å². The lowest BCUT2D eigenvalue weighted by Gasteiger charge is -2.07. The molecular formula is C10H13BrS. The Morgan fingerprint density at radius 2 is 2.08 bits per heavy atom. The van der Waals surface area contributed by atoms with E-state index in [-0.39, 0.29) is 0 Å². The van der Waals surface area contributed by atoms with Gasteiger partial charge in [0, 0.05) is 9.37 Å². The van der Waals surface area contributed by atoms with Crippen molar-refractivity contribution in [1.82, 2.24) is 0 Å². The second-order valence-electron chi connectivity index (χ2n) is 2.51. The smallest absolute Gasteiger partial charge is 0.0314 e. The highest BCUT2D eigenvalue weighted by Crippen LogP contribution is 2.30. The highest BCUT2D eigenvalue weighted by atomic mass is 79.9. The maximum Gasteiger partial charge on any atom is 0.0314 e. The molecule has 0 aliphatic heterocycles. The van der Waals surface area contributed by atoms with Crippen LogP contribution in [0.15, 0.2) is 27.6 Å². The molecule has 0 N–H and O–H groups in total. The molecule has 2 heteroatoms. The first-order chi connectivity index (χ1) is 5.79. The van der Waals surface area contributed by atoms with Crippen LogP contribution in [0.4, 0.5) is 0 Å². The second kappa shape index (κ2) is 4.93. The third kappa shape index (κ3) is 2.27. The number of rotatable bonds is 3. The average Bonchev–Trinajstić information content (AvgIpc) is 2.09. The Balaban J connectivity index is 3.02. The number of hydrogen-bond donors (Lipinski definition) is 0. The van der Waals surface area contributed by atoms with Gasteiger partial charge in [0.2, 0.25) is 0 Å². The molecule has 0 atom stereocenters. The molecule has 0 aliphatic rings. The molecule has 0 saturated heterocycles. The van der Waals surface area contributed by atoms with Crippen molar-refractivity contribution < 1.29 is 0 Å². The monoisotopic (exact) mass is 244 g/mol. The lowest BCUT2D eigenvalue weighted by molar-refractivity contribution is 1.07. The van der Waals surface area contributed by atoms with E-state index in [4.69, 9.17) is 0 Å². The van der Waals surface area contributed by atoms with Crippen molar-refractivity contribution in [2.24, 2.45) is 0 Å². The van der Waals surface area contributed by atoms with Gasteiger partial charge in [-0.25, -0.2) is 0 Å². The maximum atomic E-state index is 3.57. The fraction of sp³-hybridized carbons (Fsp3) is 0.400. The molecule has 0 radical (unpaired) electrons. The summed E-state index contributed by atoms with van der Waals surface area (Å²) in [6, 6.07) is 6.41. The lowest BCUT2D eigenvalue weighted by Crippen LogP contribution is -1.86. The number of thioether (sulfide) groups is 1. The molecule has 1 rings (SSSR count). The Labute approximate surface area is 86.9 Å². The second-order valence-corrected chi connectivity index (χ2v) is 4.64. The first-order valence-electron chi connectivity index (χ1n) is 4.19. The Kier molecular flexibility index (Phi) is 4.16. The molecule has 12 heavy (non-hydrogen) atoms. The van der Waals surface area contributed by atoms with Gasteiger partial charge in [-0.05, 0) is 39.7 Å². The largest absolute Gasteiger partial charge is 0.125 e. The Morgan fingerprint density at radius 1 is 1.33 bits per heavy atom. The minimum atomic E-state index is 1.11. The van der Waals surface area contributed by atoms with Crippen LogP contribution in [0, 0.1) is 0 Å². The van der Waals surface area contributed by atoms with Crippen LogP contribution in [-0.4, -0.2) is 5.75 Å². The van der Waals surface area contributed by atoms with Gasteiger partial charge in [0.15, 0.2) is 0 Å². The fourth-order valence-electron chi connectivity index (χ4n) is 1.14. The van der Waals surface area contributed by atoms with Crippen LogP contribution in [0.5, 0.6) is 0 Å². The summed E-state index contributed by atoms with van der Waals surface area (Å²) < 4.78 is 1.23. The minimum absolute atomic E-state index is 1.11. The van der Waals surface area contributed by atoms with Crippen LogP contribution in [0.2, 0.25) is 0 Å². The average molecular weight is 245 g/mol. The third-order valence-corrected chi connectivity index (χ3v) is 3.70. The summed E-state index contributed by atoms with van der Waals surface area (Å²) in [6.07, 6.45) is 1.11. The molecule has 1 aromatic carbocycles. The summed E-state index contributed by atoms with van der Waals surface area (Å²) in [5.74, 6) is 1.13. The molecule has 0 nitrogen and oxygen atoms in total. The van der Waals surface area contributed by atoms with Crippen molar-refractivity contribution in [3.8, 4) is 0 Å². The van der Waals surface area contributed by atoms with Crippen molar-refractivity contribution in [2.45, 2.75) is 25.2 Å². The highest BCUT2D eigenvalue weighted by Gasteiger charge is 2.03. The van der Waals surface area contributed by atoms with Gasteiger partial charge in [-0.1, -0.05) is 26.0 Å². The summed E-state index contributed by atoms with van der Waals surface area (Å²) in [5, 5.41) is 0. The lowest BCUT2D eigenvalue weighted by atomic mass is 10.2. The Morgan fingerprint density at radius 3 is 2.67 bits per heavy atom. The molecule has 0 saturated carbocycles.